The number of rotatable bonds is 5. The van der Waals surface area contributed by atoms with Gasteiger partial charge in [-0.05, 0) is 5.56 Å². The van der Waals surface area contributed by atoms with Crippen LogP contribution in [0.3, 0.4) is 0 Å². The molecule has 0 radical (unpaired) electrons. The van der Waals surface area contributed by atoms with Crippen molar-refractivity contribution in [1.82, 2.24) is 9.55 Å². The van der Waals surface area contributed by atoms with E-state index in [1.807, 2.05) is 30.3 Å². The number of amides is 2. The van der Waals surface area contributed by atoms with Crippen molar-refractivity contribution in [2.45, 2.75) is 6.54 Å². The summed E-state index contributed by atoms with van der Waals surface area (Å²) in [5.74, 6) is -1.54. The number of imidazole rings is 1. The van der Waals surface area contributed by atoms with Gasteiger partial charge in [-0.1, -0.05) is 30.3 Å². The number of aldehydes is 1. The third-order valence-corrected chi connectivity index (χ3v) is 2.62. The highest BCUT2D eigenvalue weighted by Gasteiger charge is 2.17. The largest absolute Gasteiger partial charge is 0.364 e. The maximum atomic E-state index is 11.3. The average Bonchev–Trinajstić information content (AvgIpc) is 2.83. The molecule has 0 aliphatic rings. The van der Waals surface area contributed by atoms with Gasteiger partial charge in [0.05, 0.1) is 12.9 Å². The Hall–Kier alpha value is -2.96. The number of nitrogens with one attached hydrogen (secondary N) is 1. The molecule has 2 amide bonds. The van der Waals surface area contributed by atoms with Crippen LogP contribution in [0.15, 0.2) is 36.7 Å². The molecule has 0 aliphatic heterocycles. The number of carbonyl (C=O) groups is 3. The van der Waals surface area contributed by atoms with E-state index in [-0.39, 0.29) is 17.8 Å². The second-order valence-electron chi connectivity index (χ2n) is 4.03. The van der Waals surface area contributed by atoms with Crippen LogP contribution in [0.1, 0.15) is 16.1 Å². The zero-order valence-corrected chi connectivity index (χ0v) is 10.4. The minimum absolute atomic E-state index is 0.0869. The van der Waals surface area contributed by atoms with Crippen LogP contribution in [0.2, 0.25) is 0 Å². The van der Waals surface area contributed by atoms with Crippen molar-refractivity contribution in [3.05, 3.63) is 47.9 Å². The third kappa shape index (κ3) is 2.89. The van der Waals surface area contributed by atoms with Gasteiger partial charge in [-0.3, -0.25) is 14.4 Å². The molecule has 2 rings (SSSR count). The number of nitrogens with two attached hydrogens (primary N) is 1. The molecule has 102 valence electrons. The van der Waals surface area contributed by atoms with Gasteiger partial charge in [-0.15, -0.1) is 0 Å². The first kappa shape index (κ1) is 13.5. The van der Waals surface area contributed by atoms with E-state index in [1.165, 1.54) is 10.9 Å². The number of nitrogens with zero attached hydrogens (tertiary/aromatic N) is 2. The first-order valence-corrected chi connectivity index (χ1v) is 5.77. The van der Waals surface area contributed by atoms with Crippen LogP contribution in [-0.2, 0) is 16.1 Å². The second-order valence-corrected chi connectivity index (χ2v) is 4.03. The van der Waals surface area contributed by atoms with Crippen LogP contribution in [0, 0.1) is 0 Å². The molecule has 0 spiro atoms. The van der Waals surface area contributed by atoms with Gasteiger partial charge in [0.2, 0.25) is 6.29 Å². The number of anilines is 1. The Labute approximate surface area is 114 Å². The van der Waals surface area contributed by atoms with Crippen LogP contribution in [-0.4, -0.2) is 27.7 Å². The molecule has 1 heterocycles. The molecule has 0 bridgehead atoms. The normalized spacial score (nSPS) is 10.0. The van der Waals surface area contributed by atoms with E-state index >= 15 is 0 Å². The number of primary amides is 1. The van der Waals surface area contributed by atoms with Gasteiger partial charge in [-0.25, -0.2) is 4.98 Å². The summed E-state index contributed by atoms with van der Waals surface area (Å²) in [6, 6.07) is 9.38. The fourth-order valence-electron chi connectivity index (χ4n) is 1.74. The van der Waals surface area contributed by atoms with Crippen molar-refractivity contribution < 1.29 is 14.4 Å². The van der Waals surface area contributed by atoms with Crippen molar-refractivity contribution in [3.63, 3.8) is 0 Å². The zero-order valence-electron chi connectivity index (χ0n) is 10.4. The predicted octanol–water partition coefficient (Wildman–Crippen LogP) is 0.168. The molecule has 1 aromatic carbocycles. The molecule has 7 nitrogen and oxygen atoms in total. The molecular formula is C13H12N4O3. The monoisotopic (exact) mass is 272 g/mol. The van der Waals surface area contributed by atoms with Gasteiger partial charge in [-0.2, -0.15) is 0 Å². The summed E-state index contributed by atoms with van der Waals surface area (Å²) in [5.41, 5.74) is 6.04. The third-order valence-electron chi connectivity index (χ3n) is 2.62. The van der Waals surface area contributed by atoms with Gasteiger partial charge in [0, 0.05) is 0 Å². The fraction of sp³-hybridized carbons (Fsp3) is 0.0769. The molecule has 20 heavy (non-hydrogen) atoms. The predicted molar refractivity (Wildman–Crippen MR) is 71.0 cm³/mol. The van der Waals surface area contributed by atoms with Crippen molar-refractivity contribution in [3.8, 4) is 0 Å². The second kappa shape index (κ2) is 5.79. The van der Waals surface area contributed by atoms with E-state index in [0.29, 0.717) is 6.54 Å². The van der Waals surface area contributed by atoms with Crippen LogP contribution >= 0.6 is 0 Å². The van der Waals surface area contributed by atoms with Crippen LogP contribution in [0.4, 0.5) is 5.82 Å². The maximum absolute atomic E-state index is 11.3. The molecule has 0 fully saturated rings. The molecule has 0 aliphatic carbocycles. The lowest BCUT2D eigenvalue weighted by molar-refractivity contribution is -0.127. The molecule has 0 unspecified atom stereocenters. The molecular weight excluding hydrogens is 260 g/mol. The summed E-state index contributed by atoms with van der Waals surface area (Å²) in [6.45, 7) is 0.385. The Morgan fingerprint density at radius 2 is 2.00 bits per heavy atom. The molecule has 7 heteroatoms. The standard InChI is InChI=1S/C13H12N4O3/c14-12(20)11-13(16-10(19)7-18)17(8-15-11)6-9-4-2-1-3-5-9/h1-5,7-8H,6H2,(H2,14,20)(H,16,19). The van der Waals surface area contributed by atoms with E-state index < -0.39 is 11.8 Å². The summed E-state index contributed by atoms with van der Waals surface area (Å²) >= 11 is 0. The minimum atomic E-state index is -0.873. The van der Waals surface area contributed by atoms with Crippen molar-refractivity contribution in [2.24, 2.45) is 5.73 Å². The van der Waals surface area contributed by atoms with Crippen molar-refractivity contribution in [1.29, 1.82) is 0 Å². The lowest BCUT2D eigenvalue weighted by atomic mass is 10.2. The Balaban J connectivity index is 2.35. The number of carbonyl (C=O) groups excluding carboxylic acids is 3. The lowest BCUT2D eigenvalue weighted by Crippen LogP contribution is -2.20. The quantitative estimate of drug-likeness (QED) is 0.597. The van der Waals surface area contributed by atoms with E-state index in [9.17, 15) is 14.4 Å². The highest BCUT2D eigenvalue weighted by molar-refractivity contribution is 6.29. The molecule has 1 aromatic heterocycles. The highest BCUT2D eigenvalue weighted by atomic mass is 16.2. The summed E-state index contributed by atoms with van der Waals surface area (Å²) in [5, 5.41) is 2.30. The molecule has 0 atom stereocenters. The summed E-state index contributed by atoms with van der Waals surface area (Å²) in [7, 11) is 0. The van der Waals surface area contributed by atoms with Gasteiger partial charge < -0.3 is 15.6 Å². The molecule has 3 N–H and O–H groups in total. The molecule has 0 saturated heterocycles. The number of aromatic nitrogens is 2. The van der Waals surface area contributed by atoms with E-state index in [4.69, 9.17) is 5.73 Å². The summed E-state index contributed by atoms with van der Waals surface area (Å²) in [4.78, 5) is 36.7. The van der Waals surface area contributed by atoms with Crippen molar-refractivity contribution >= 4 is 23.9 Å². The minimum Gasteiger partial charge on any atom is -0.364 e. The van der Waals surface area contributed by atoms with E-state index in [0.717, 1.165) is 5.56 Å². The Morgan fingerprint density at radius 1 is 1.30 bits per heavy atom. The average molecular weight is 272 g/mol. The number of hydrogen-bond acceptors (Lipinski definition) is 4. The Bertz CT molecular complexity index is 649. The summed E-state index contributed by atoms with van der Waals surface area (Å²) in [6.07, 6.45) is 1.50. The van der Waals surface area contributed by atoms with Crippen LogP contribution < -0.4 is 11.1 Å². The van der Waals surface area contributed by atoms with Crippen LogP contribution in [0.5, 0.6) is 0 Å². The topological polar surface area (TPSA) is 107 Å². The molecule has 0 saturated carbocycles. The number of benzene rings is 1. The zero-order chi connectivity index (χ0) is 14.5. The number of hydrogen-bond donors (Lipinski definition) is 2. The van der Waals surface area contributed by atoms with Crippen molar-refractivity contribution in [2.75, 3.05) is 5.32 Å². The molecule has 2 aromatic rings. The van der Waals surface area contributed by atoms with Gasteiger partial charge in [0.25, 0.3) is 11.8 Å². The Morgan fingerprint density at radius 3 is 2.60 bits per heavy atom. The fourth-order valence-corrected chi connectivity index (χ4v) is 1.74. The first-order chi connectivity index (χ1) is 9.61. The highest BCUT2D eigenvalue weighted by Crippen LogP contribution is 2.16. The van der Waals surface area contributed by atoms with Gasteiger partial charge >= 0.3 is 0 Å². The van der Waals surface area contributed by atoms with E-state index in [2.05, 4.69) is 10.3 Å². The maximum Gasteiger partial charge on any atom is 0.289 e. The SMILES string of the molecule is NC(=O)c1ncn(Cc2ccccc2)c1NC(=O)C=O. The lowest BCUT2D eigenvalue weighted by Gasteiger charge is -2.09. The smallest absolute Gasteiger partial charge is 0.289 e. The van der Waals surface area contributed by atoms with Crippen LogP contribution in [0.25, 0.3) is 0 Å². The van der Waals surface area contributed by atoms with Gasteiger partial charge in [0.15, 0.2) is 5.69 Å². The first-order valence-electron chi connectivity index (χ1n) is 5.77. The Kier molecular flexibility index (Phi) is 3.90. The van der Waals surface area contributed by atoms with Gasteiger partial charge in [0.1, 0.15) is 5.82 Å². The summed E-state index contributed by atoms with van der Waals surface area (Å²) < 4.78 is 1.54. The van der Waals surface area contributed by atoms with E-state index in [1.54, 1.807) is 0 Å².